The lowest BCUT2D eigenvalue weighted by molar-refractivity contribution is -0.136. The van der Waals surface area contributed by atoms with Crippen LogP contribution in [0.25, 0.3) is 11.8 Å². The van der Waals surface area contributed by atoms with E-state index in [9.17, 15) is 9.59 Å². The first-order valence-electron chi connectivity index (χ1n) is 11.0. The van der Waals surface area contributed by atoms with Crippen molar-refractivity contribution in [3.05, 3.63) is 94.0 Å². The molecule has 0 atom stereocenters. The number of amides is 1. The lowest BCUT2D eigenvalue weighted by Crippen LogP contribution is -2.24. The third-order valence-corrected chi connectivity index (χ3v) is 6.13. The average Bonchev–Trinajstić information content (AvgIpc) is 3.24. The van der Waals surface area contributed by atoms with Gasteiger partial charge in [-0.3, -0.25) is 9.69 Å². The second-order valence-electron chi connectivity index (χ2n) is 8.35. The Kier molecular flexibility index (Phi) is 6.16. The van der Waals surface area contributed by atoms with Gasteiger partial charge in [-0.05, 0) is 75.2 Å². The molecule has 0 radical (unpaired) electrons. The second kappa shape index (κ2) is 9.06. The summed E-state index contributed by atoms with van der Waals surface area (Å²) >= 11 is 0. The van der Waals surface area contributed by atoms with Gasteiger partial charge in [0.25, 0.3) is 5.91 Å². The average molecular weight is 457 g/mol. The summed E-state index contributed by atoms with van der Waals surface area (Å²) in [5.74, 6) is -0.210. The van der Waals surface area contributed by atoms with Crippen LogP contribution >= 0.6 is 0 Å². The highest BCUT2D eigenvalue weighted by molar-refractivity contribution is 6.23. The maximum atomic E-state index is 13.6. The summed E-state index contributed by atoms with van der Waals surface area (Å²) in [6, 6.07) is 17.5. The standard InChI is InChI=1S/C28H28N2O4/c1-17-9-7-10-22(13-17)29-18(2)14-21(19(29)3)15-25-26(28(32)34-6)20(4)30(27(25)31)23-11-8-12-24(16-23)33-5/h7-16H,1-6H3/b25-15-. The van der Waals surface area contributed by atoms with Gasteiger partial charge in [-0.15, -0.1) is 0 Å². The molecule has 2 heterocycles. The van der Waals surface area contributed by atoms with E-state index in [0.29, 0.717) is 22.7 Å². The quantitative estimate of drug-likeness (QED) is 0.387. The van der Waals surface area contributed by atoms with E-state index in [4.69, 9.17) is 9.47 Å². The van der Waals surface area contributed by atoms with Crippen LogP contribution in [-0.4, -0.2) is 30.7 Å². The normalized spacial score (nSPS) is 14.8. The van der Waals surface area contributed by atoms with E-state index in [0.717, 1.165) is 28.2 Å². The van der Waals surface area contributed by atoms with Gasteiger partial charge in [-0.25, -0.2) is 4.79 Å². The van der Waals surface area contributed by atoms with Crippen LogP contribution in [0.5, 0.6) is 5.75 Å². The summed E-state index contributed by atoms with van der Waals surface area (Å²) in [6.45, 7) is 7.84. The van der Waals surface area contributed by atoms with Crippen LogP contribution in [0.1, 0.15) is 29.4 Å². The molecule has 6 nitrogen and oxygen atoms in total. The predicted molar refractivity (Wildman–Crippen MR) is 133 cm³/mol. The molecule has 4 rings (SSSR count). The van der Waals surface area contributed by atoms with E-state index in [-0.39, 0.29) is 11.5 Å². The van der Waals surface area contributed by atoms with Crippen LogP contribution in [0.2, 0.25) is 0 Å². The van der Waals surface area contributed by atoms with E-state index in [1.165, 1.54) is 12.0 Å². The van der Waals surface area contributed by atoms with Crippen molar-refractivity contribution in [1.82, 2.24) is 4.57 Å². The van der Waals surface area contributed by atoms with Gasteiger partial charge in [-0.2, -0.15) is 0 Å². The van der Waals surface area contributed by atoms with Gasteiger partial charge in [0.05, 0.1) is 31.1 Å². The van der Waals surface area contributed by atoms with Crippen LogP contribution in [-0.2, 0) is 14.3 Å². The molecule has 174 valence electrons. The third-order valence-electron chi connectivity index (χ3n) is 6.13. The zero-order valence-corrected chi connectivity index (χ0v) is 20.3. The minimum Gasteiger partial charge on any atom is -0.497 e. The summed E-state index contributed by atoms with van der Waals surface area (Å²) in [4.78, 5) is 27.9. The van der Waals surface area contributed by atoms with Crippen molar-refractivity contribution in [2.75, 3.05) is 19.1 Å². The Hall–Kier alpha value is -4.06. The van der Waals surface area contributed by atoms with Gasteiger partial charge in [0.1, 0.15) is 5.75 Å². The Morgan fingerprint density at radius 1 is 0.912 bits per heavy atom. The Bertz CT molecular complexity index is 1360. The molecule has 34 heavy (non-hydrogen) atoms. The van der Waals surface area contributed by atoms with E-state index < -0.39 is 5.97 Å². The first-order chi connectivity index (χ1) is 16.3. The monoisotopic (exact) mass is 456 g/mol. The highest BCUT2D eigenvalue weighted by atomic mass is 16.5. The molecule has 0 saturated carbocycles. The molecule has 0 N–H and O–H groups in total. The van der Waals surface area contributed by atoms with Crippen LogP contribution in [0.3, 0.4) is 0 Å². The van der Waals surface area contributed by atoms with Gasteiger partial charge in [0.15, 0.2) is 0 Å². The topological polar surface area (TPSA) is 60.8 Å². The Labute approximate surface area is 199 Å². The zero-order chi connectivity index (χ0) is 24.6. The number of ether oxygens (including phenoxy) is 2. The fourth-order valence-electron chi connectivity index (χ4n) is 4.49. The molecule has 1 aromatic heterocycles. The summed E-state index contributed by atoms with van der Waals surface area (Å²) in [5.41, 5.74) is 6.79. The highest BCUT2D eigenvalue weighted by Crippen LogP contribution is 2.37. The van der Waals surface area contributed by atoms with Crippen molar-refractivity contribution < 1.29 is 19.1 Å². The maximum Gasteiger partial charge on any atom is 0.340 e. The van der Waals surface area contributed by atoms with Gasteiger partial charge in [-0.1, -0.05) is 18.2 Å². The number of methoxy groups -OCH3 is 2. The lowest BCUT2D eigenvalue weighted by atomic mass is 10.0. The van der Waals surface area contributed by atoms with Gasteiger partial charge < -0.3 is 14.0 Å². The number of esters is 1. The Balaban J connectivity index is 1.85. The van der Waals surface area contributed by atoms with Crippen LogP contribution in [0, 0.1) is 20.8 Å². The highest BCUT2D eigenvalue weighted by Gasteiger charge is 2.38. The number of aromatic nitrogens is 1. The molecule has 0 unspecified atom stereocenters. The first kappa shape index (κ1) is 23.1. The molecular weight excluding hydrogens is 428 g/mol. The Morgan fingerprint density at radius 2 is 1.62 bits per heavy atom. The molecule has 0 spiro atoms. The molecular formula is C28H28N2O4. The number of benzene rings is 2. The number of carbonyl (C=O) groups excluding carboxylic acids is 2. The van der Waals surface area contributed by atoms with Crippen molar-refractivity contribution >= 4 is 23.6 Å². The van der Waals surface area contributed by atoms with Gasteiger partial charge >= 0.3 is 5.97 Å². The lowest BCUT2D eigenvalue weighted by Gasteiger charge is -2.18. The molecule has 1 aliphatic heterocycles. The number of hydrogen-bond acceptors (Lipinski definition) is 4. The van der Waals surface area contributed by atoms with Gasteiger partial charge in [0, 0.05) is 28.8 Å². The molecule has 0 bridgehead atoms. The fraction of sp³-hybridized carbons (Fsp3) is 0.214. The van der Waals surface area contributed by atoms with Crippen LogP contribution < -0.4 is 9.64 Å². The predicted octanol–water partition coefficient (Wildman–Crippen LogP) is 5.29. The van der Waals surface area contributed by atoms with Crippen LogP contribution in [0.15, 0.2) is 71.4 Å². The molecule has 6 heteroatoms. The molecule has 0 aliphatic carbocycles. The Morgan fingerprint density at radius 3 is 2.29 bits per heavy atom. The summed E-state index contributed by atoms with van der Waals surface area (Å²) in [5, 5.41) is 0. The van der Waals surface area contributed by atoms with Crippen LogP contribution in [0.4, 0.5) is 5.69 Å². The summed E-state index contributed by atoms with van der Waals surface area (Å²) in [6.07, 6.45) is 1.78. The molecule has 0 saturated heterocycles. The number of hydrogen-bond donors (Lipinski definition) is 0. The SMILES string of the molecule is COC(=O)C1=C(C)N(c2cccc(OC)c2)C(=O)/C1=C\c1cc(C)n(-c2cccc(C)c2)c1C. The minimum absolute atomic E-state index is 0.260. The van der Waals surface area contributed by atoms with E-state index >= 15 is 0 Å². The van der Waals surface area contributed by atoms with E-state index in [2.05, 4.69) is 29.7 Å². The third kappa shape index (κ3) is 3.92. The number of anilines is 1. The number of allylic oxidation sites excluding steroid dienone is 1. The first-order valence-corrected chi connectivity index (χ1v) is 11.0. The van der Waals surface area contributed by atoms with Crippen molar-refractivity contribution in [1.29, 1.82) is 0 Å². The molecule has 1 aliphatic rings. The maximum absolute atomic E-state index is 13.6. The fourth-order valence-corrected chi connectivity index (χ4v) is 4.49. The molecule has 0 fully saturated rings. The minimum atomic E-state index is -0.546. The number of nitrogens with zero attached hydrogens (tertiary/aromatic N) is 2. The molecule has 3 aromatic rings. The van der Waals surface area contributed by atoms with Gasteiger partial charge in [0.2, 0.25) is 0 Å². The largest absolute Gasteiger partial charge is 0.497 e. The van der Waals surface area contributed by atoms with Crippen molar-refractivity contribution in [2.24, 2.45) is 0 Å². The summed E-state index contributed by atoms with van der Waals surface area (Å²) in [7, 11) is 2.89. The zero-order valence-electron chi connectivity index (χ0n) is 20.3. The number of rotatable bonds is 5. The molecule has 1 amide bonds. The number of aryl methyl sites for hydroxylation is 2. The second-order valence-corrected chi connectivity index (χ2v) is 8.35. The van der Waals surface area contributed by atoms with Crippen molar-refractivity contribution in [2.45, 2.75) is 27.7 Å². The smallest absolute Gasteiger partial charge is 0.340 e. The van der Waals surface area contributed by atoms with E-state index in [1.807, 2.05) is 38.1 Å². The summed E-state index contributed by atoms with van der Waals surface area (Å²) < 4.78 is 12.5. The van der Waals surface area contributed by atoms with Crippen molar-refractivity contribution in [3.63, 3.8) is 0 Å². The molecule has 2 aromatic carbocycles. The van der Waals surface area contributed by atoms with Crippen molar-refractivity contribution in [3.8, 4) is 11.4 Å². The number of carbonyl (C=O) groups is 2. The van der Waals surface area contributed by atoms with E-state index in [1.54, 1.807) is 32.2 Å².